The summed E-state index contributed by atoms with van der Waals surface area (Å²) < 4.78 is 37.2. The lowest BCUT2D eigenvalue weighted by Crippen LogP contribution is -2.41. The number of anilines is 1. The fourth-order valence-electron chi connectivity index (χ4n) is 1.90. The van der Waals surface area contributed by atoms with E-state index in [9.17, 15) is 22.7 Å². The van der Waals surface area contributed by atoms with Crippen molar-refractivity contribution in [3.63, 3.8) is 0 Å². The second-order valence-electron chi connectivity index (χ2n) is 4.24. The molecule has 0 unspecified atom stereocenters. The van der Waals surface area contributed by atoms with Gasteiger partial charge >= 0.3 is 0 Å². The highest BCUT2D eigenvalue weighted by molar-refractivity contribution is 7.89. The first-order valence-electron chi connectivity index (χ1n) is 5.71. The number of nitrogens with two attached hydrogens (primary N) is 1. The van der Waals surface area contributed by atoms with Crippen LogP contribution in [0, 0.1) is 10.1 Å². The number of nitrogens with zero attached hydrogens (tertiary/aromatic N) is 2. The van der Waals surface area contributed by atoms with Gasteiger partial charge in [0, 0.05) is 47.1 Å². The van der Waals surface area contributed by atoms with Crippen LogP contribution in [0.3, 0.4) is 0 Å². The highest BCUT2D eigenvalue weighted by Crippen LogP contribution is 2.29. The fraction of sp³-hybridized carbons (Fsp3) is 0.400. The number of sulfonamides is 1. The first-order chi connectivity index (χ1) is 9.32. The lowest BCUT2D eigenvalue weighted by atomic mass is 10.3. The maximum atomic E-state index is 12.4. The van der Waals surface area contributed by atoms with E-state index in [0.29, 0.717) is 0 Å². The molecule has 110 valence electrons. The molecule has 0 amide bonds. The van der Waals surface area contributed by atoms with Crippen LogP contribution in [-0.2, 0) is 20.8 Å². The molecule has 0 spiro atoms. The quantitative estimate of drug-likeness (QED) is 0.472. The highest BCUT2D eigenvalue weighted by Gasteiger charge is 2.33. The molecule has 0 saturated carbocycles. The molecule has 20 heavy (non-hydrogen) atoms. The largest absolute Gasteiger partial charge is 0.399 e. The first kappa shape index (κ1) is 14.9. The molecule has 2 rings (SSSR count). The lowest BCUT2D eigenvalue weighted by molar-refractivity contribution is -0.387. The smallest absolute Gasteiger partial charge is 0.291 e. The maximum absolute atomic E-state index is 12.4. The number of nitrogen functional groups attached to an aromatic ring is 1. The van der Waals surface area contributed by atoms with Crippen molar-refractivity contribution in [1.29, 1.82) is 0 Å². The number of hydrogen-bond acceptors (Lipinski definition) is 6. The van der Waals surface area contributed by atoms with Crippen molar-refractivity contribution in [2.45, 2.75) is 4.90 Å². The van der Waals surface area contributed by atoms with Gasteiger partial charge in [-0.25, -0.2) is 8.42 Å². The predicted octanol–water partition coefficient (Wildman–Crippen LogP) is -0.0700. The van der Waals surface area contributed by atoms with Gasteiger partial charge in [0.05, 0.1) is 4.92 Å². The molecule has 1 aliphatic rings. The Morgan fingerprint density at radius 3 is 2.45 bits per heavy atom. The summed E-state index contributed by atoms with van der Waals surface area (Å²) in [5.41, 5.74) is 5.03. The van der Waals surface area contributed by atoms with Crippen LogP contribution in [-0.4, -0.2) is 46.5 Å². The van der Waals surface area contributed by atoms with Crippen molar-refractivity contribution < 1.29 is 17.6 Å². The molecule has 1 saturated heterocycles. The Morgan fingerprint density at radius 2 is 1.90 bits per heavy atom. The minimum atomic E-state index is -3.98. The van der Waals surface area contributed by atoms with E-state index in [2.05, 4.69) is 0 Å². The summed E-state index contributed by atoms with van der Waals surface area (Å²) in [7, 11) is -5.01. The average Bonchev–Trinajstić information content (AvgIpc) is 2.38. The molecule has 0 aromatic heterocycles. The zero-order chi connectivity index (χ0) is 14.9. The van der Waals surface area contributed by atoms with Crippen LogP contribution in [0.25, 0.3) is 0 Å². The Kier molecular flexibility index (Phi) is 4.06. The summed E-state index contributed by atoms with van der Waals surface area (Å²) in [6.07, 6.45) is 0. The Morgan fingerprint density at radius 1 is 1.30 bits per heavy atom. The third-order valence-corrected chi connectivity index (χ3v) is 6.16. The Bertz CT molecular complexity index is 663. The van der Waals surface area contributed by atoms with E-state index in [0.717, 1.165) is 16.4 Å². The second kappa shape index (κ2) is 5.46. The van der Waals surface area contributed by atoms with Crippen molar-refractivity contribution in [2.75, 3.05) is 30.3 Å². The molecule has 1 aromatic carbocycles. The number of benzene rings is 1. The number of hydrogen-bond donors (Lipinski definition) is 1. The van der Waals surface area contributed by atoms with Gasteiger partial charge in [0.2, 0.25) is 10.0 Å². The molecule has 8 nitrogen and oxygen atoms in total. The van der Waals surface area contributed by atoms with Crippen LogP contribution in [0.1, 0.15) is 0 Å². The van der Waals surface area contributed by atoms with Gasteiger partial charge in [-0.2, -0.15) is 4.31 Å². The minimum absolute atomic E-state index is 0.0937. The van der Waals surface area contributed by atoms with E-state index in [4.69, 9.17) is 5.73 Å². The third kappa shape index (κ3) is 2.81. The molecule has 0 aliphatic carbocycles. The van der Waals surface area contributed by atoms with Crippen molar-refractivity contribution in [2.24, 2.45) is 0 Å². The Hall–Kier alpha value is -1.52. The normalized spacial score (nSPS) is 18.0. The van der Waals surface area contributed by atoms with E-state index < -0.39 is 31.4 Å². The standard InChI is InChI=1S/C10H13N3O5S2/c11-8-1-2-10(9(7-8)13(14)15)20(17,18)12-3-5-19(16)6-4-12/h1-2,7H,3-6,11H2. The summed E-state index contributed by atoms with van der Waals surface area (Å²) in [4.78, 5) is 9.82. The van der Waals surface area contributed by atoms with Crippen LogP contribution in [0.4, 0.5) is 11.4 Å². The molecule has 1 heterocycles. The molecule has 1 aliphatic heterocycles. The predicted molar refractivity (Wildman–Crippen MR) is 74.1 cm³/mol. The monoisotopic (exact) mass is 319 g/mol. The van der Waals surface area contributed by atoms with Gasteiger partial charge in [-0.1, -0.05) is 0 Å². The van der Waals surface area contributed by atoms with Crippen LogP contribution in [0.15, 0.2) is 23.1 Å². The molecule has 1 fully saturated rings. The van der Waals surface area contributed by atoms with Gasteiger partial charge in [0.1, 0.15) is 0 Å². The molecule has 2 N–H and O–H groups in total. The van der Waals surface area contributed by atoms with Crippen molar-refractivity contribution in [1.82, 2.24) is 4.31 Å². The van der Waals surface area contributed by atoms with Gasteiger partial charge in [-0.15, -0.1) is 0 Å². The molecule has 0 atom stereocenters. The van der Waals surface area contributed by atoms with Crippen LogP contribution < -0.4 is 5.73 Å². The second-order valence-corrected chi connectivity index (χ2v) is 7.84. The van der Waals surface area contributed by atoms with Gasteiger partial charge in [-0.05, 0) is 12.1 Å². The Labute approximate surface area is 118 Å². The maximum Gasteiger partial charge on any atom is 0.291 e. The number of rotatable bonds is 3. The zero-order valence-electron chi connectivity index (χ0n) is 10.4. The average molecular weight is 319 g/mol. The molecule has 10 heteroatoms. The van der Waals surface area contributed by atoms with Gasteiger partial charge in [-0.3, -0.25) is 14.3 Å². The highest BCUT2D eigenvalue weighted by atomic mass is 32.2. The Balaban J connectivity index is 2.44. The van der Waals surface area contributed by atoms with Gasteiger partial charge < -0.3 is 5.73 Å². The van der Waals surface area contributed by atoms with Crippen molar-refractivity contribution >= 4 is 32.2 Å². The van der Waals surface area contributed by atoms with E-state index in [1.807, 2.05) is 0 Å². The van der Waals surface area contributed by atoms with Crippen LogP contribution >= 0.6 is 0 Å². The number of nitro benzene ring substituents is 1. The first-order valence-corrected chi connectivity index (χ1v) is 8.64. The van der Waals surface area contributed by atoms with Gasteiger partial charge in [0.25, 0.3) is 5.69 Å². The summed E-state index contributed by atoms with van der Waals surface area (Å²) >= 11 is 0. The fourth-order valence-corrected chi connectivity index (χ4v) is 4.76. The van der Waals surface area contributed by atoms with Crippen LogP contribution in [0.2, 0.25) is 0 Å². The van der Waals surface area contributed by atoms with Crippen molar-refractivity contribution in [3.05, 3.63) is 28.3 Å². The van der Waals surface area contributed by atoms with Crippen molar-refractivity contribution in [3.8, 4) is 0 Å². The summed E-state index contributed by atoms with van der Waals surface area (Å²) in [6, 6.07) is 3.46. The van der Waals surface area contributed by atoms with E-state index in [1.165, 1.54) is 6.07 Å². The van der Waals surface area contributed by atoms with E-state index in [1.54, 1.807) is 0 Å². The molecular weight excluding hydrogens is 306 g/mol. The molecule has 0 bridgehead atoms. The molecule has 0 radical (unpaired) electrons. The van der Waals surface area contributed by atoms with E-state index >= 15 is 0 Å². The van der Waals surface area contributed by atoms with Gasteiger partial charge in [0.15, 0.2) is 4.90 Å². The SMILES string of the molecule is Nc1ccc(S(=O)(=O)N2CCS(=O)CC2)c([N+](=O)[O-])c1. The topological polar surface area (TPSA) is 124 Å². The summed E-state index contributed by atoms with van der Waals surface area (Å²) in [5.74, 6) is 0.476. The summed E-state index contributed by atoms with van der Waals surface area (Å²) in [5, 5.41) is 11.0. The number of nitro groups is 1. The minimum Gasteiger partial charge on any atom is -0.399 e. The van der Waals surface area contributed by atoms with Crippen LogP contribution in [0.5, 0.6) is 0 Å². The third-order valence-electron chi connectivity index (χ3n) is 2.93. The lowest BCUT2D eigenvalue weighted by Gasteiger charge is -2.25. The zero-order valence-corrected chi connectivity index (χ0v) is 12.0. The van der Waals surface area contributed by atoms with E-state index in [-0.39, 0.29) is 35.2 Å². The molecular formula is C10H13N3O5S2. The molecule has 1 aromatic rings. The summed E-state index contributed by atoms with van der Waals surface area (Å²) in [6.45, 7) is 0.187.